The molecule has 2 rings (SSSR count). The van der Waals surface area contributed by atoms with Crippen LogP contribution in [0.25, 0.3) is 0 Å². The molecule has 0 fully saturated rings. The first-order chi connectivity index (χ1) is 7.65. The molecular weight excluding hydrogens is 206 g/mol. The minimum atomic E-state index is -0.514. The molecule has 16 heavy (non-hydrogen) atoms. The first kappa shape index (κ1) is 10.2. The van der Waals surface area contributed by atoms with E-state index in [2.05, 4.69) is 15.3 Å². The lowest BCUT2D eigenvalue weighted by molar-refractivity contribution is 1.04. The van der Waals surface area contributed by atoms with Crippen LogP contribution in [0, 0.1) is 6.92 Å². The molecule has 0 amide bonds. The summed E-state index contributed by atoms with van der Waals surface area (Å²) in [6, 6.07) is 7.59. The molecule has 3 N–H and O–H groups in total. The molecule has 5 heteroatoms. The average Bonchev–Trinajstić information content (AvgIpc) is 2.25. The van der Waals surface area contributed by atoms with Gasteiger partial charge < -0.3 is 10.3 Å². The third-order valence-electron chi connectivity index (χ3n) is 2.15. The zero-order chi connectivity index (χ0) is 11.5. The molecule has 0 saturated carbocycles. The van der Waals surface area contributed by atoms with Gasteiger partial charge in [0.15, 0.2) is 0 Å². The van der Waals surface area contributed by atoms with E-state index in [1.165, 1.54) is 6.20 Å². The number of aromatic amines is 2. The Bertz CT molecular complexity index is 596. The lowest BCUT2D eigenvalue weighted by Gasteiger charge is -2.04. The molecule has 0 saturated heterocycles. The molecule has 1 aromatic carbocycles. The summed E-state index contributed by atoms with van der Waals surface area (Å²) >= 11 is 0. The second-order valence-electron chi connectivity index (χ2n) is 3.48. The molecule has 0 bridgehead atoms. The number of benzene rings is 1. The van der Waals surface area contributed by atoms with E-state index in [4.69, 9.17) is 0 Å². The molecule has 1 aromatic heterocycles. The summed E-state index contributed by atoms with van der Waals surface area (Å²) in [6.45, 7) is 1.98. The van der Waals surface area contributed by atoms with Crippen LogP contribution in [0.1, 0.15) is 5.56 Å². The number of H-pyrrole nitrogens is 2. The minimum absolute atomic E-state index is 0.309. The molecule has 0 aliphatic carbocycles. The van der Waals surface area contributed by atoms with Crippen molar-refractivity contribution in [2.24, 2.45) is 0 Å². The summed E-state index contributed by atoms with van der Waals surface area (Å²) < 4.78 is 0. The summed E-state index contributed by atoms with van der Waals surface area (Å²) in [4.78, 5) is 26.7. The maximum atomic E-state index is 11.4. The van der Waals surface area contributed by atoms with Crippen LogP contribution in [0.2, 0.25) is 0 Å². The summed E-state index contributed by atoms with van der Waals surface area (Å²) in [5, 5.41) is 2.91. The topological polar surface area (TPSA) is 77.8 Å². The Morgan fingerprint density at radius 2 is 1.81 bits per heavy atom. The number of hydrogen-bond acceptors (Lipinski definition) is 3. The second-order valence-corrected chi connectivity index (χ2v) is 3.48. The van der Waals surface area contributed by atoms with Gasteiger partial charge in [0.05, 0.1) is 0 Å². The van der Waals surface area contributed by atoms with Gasteiger partial charge in [-0.05, 0) is 19.1 Å². The second kappa shape index (κ2) is 4.06. The zero-order valence-electron chi connectivity index (χ0n) is 8.70. The van der Waals surface area contributed by atoms with E-state index in [0.717, 1.165) is 11.3 Å². The molecule has 0 aliphatic heterocycles. The molecule has 82 valence electrons. The standard InChI is InChI=1S/C11H11N3O2/c1-7-2-4-8(5-3-7)13-9-6-12-11(16)14-10(9)15/h2-6,13H,1H3,(H2,12,14,15,16). The van der Waals surface area contributed by atoms with Gasteiger partial charge in [0, 0.05) is 11.9 Å². The van der Waals surface area contributed by atoms with E-state index in [-0.39, 0.29) is 0 Å². The molecule has 1 heterocycles. The number of anilines is 2. The summed E-state index contributed by atoms with van der Waals surface area (Å²) in [7, 11) is 0. The van der Waals surface area contributed by atoms with Gasteiger partial charge in [-0.25, -0.2) is 4.79 Å². The molecule has 2 aromatic rings. The quantitative estimate of drug-likeness (QED) is 0.705. The Hall–Kier alpha value is -2.30. The van der Waals surface area contributed by atoms with E-state index in [0.29, 0.717) is 5.69 Å². The van der Waals surface area contributed by atoms with E-state index in [1.807, 2.05) is 31.2 Å². The average molecular weight is 217 g/mol. The normalized spacial score (nSPS) is 10.1. The smallest absolute Gasteiger partial charge is 0.325 e. The van der Waals surface area contributed by atoms with Gasteiger partial charge in [-0.2, -0.15) is 0 Å². The fraction of sp³-hybridized carbons (Fsp3) is 0.0909. The van der Waals surface area contributed by atoms with Crippen molar-refractivity contribution in [3.8, 4) is 0 Å². The van der Waals surface area contributed by atoms with Gasteiger partial charge in [-0.3, -0.25) is 9.78 Å². The van der Waals surface area contributed by atoms with Gasteiger partial charge in [-0.1, -0.05) is 17.7 Å². The predicted molar refractivity (Wildman–Crippen MR) is 62.1 cm³/mol. The highest BCUT2D eigenvalue weighted by Gasteiger charge is 1.99. The lowest BCUT2D eigenvalue weighted by Crippen LogP contribution is -2.23. The van der Waals surface area contributed by atoms with Gasteiger partial charge in [0.1, 0.15) is 5.69 Å². The van der Waals surface area contributed by atoms with Crippen LogP contribution in [-0.4, -0.2) is 9.97 Å². The molecule has 0 atom stereocenters. The van der Waals surface area contributed by atoms with Crippen LogP contribution in [0.4, 0.5) is 11.4 Å². The van der Waals surface area contributed by atoms with Crippen LogP contribution in [0.5, 0.6) is 0 Å². The van der Waals surface area contributed by atoms with E-state index in [1.54, 1.807) is 0 Å². The summed E-state index contributed by atoms with van der Waals surface area (Å²) in [5.74, 6) is 0. The van der Waals surface area contributed by atoms with Crippen molar-refractivity contribution >= 4 is 11.4 Å². The van der Waals surface area contributed by atoms with Crippen molar-refractivity contribution in [3.05, 3.63) is 56.9 Å². The lowest BCUT2D eigenvalue weighted by atomic mass is 10.2. The number of nitrogens with one attached hydrogen (secondary N) is 3. The number of rotatable bonds is 2. The largest absolute Gasteiger partial charge is 0.350 e. The molecule has 0 radical (unpaired) electrons. The first-order valence-electron chi connectivity index (χ1n) is 4.81. The molecule has 0 aliphatic rings. The zero-order valence-corrected chi connectivity index (χ0v) is 8.70. The Balaban J connectivity index is 2.30. The number of hydrogen-bond donors (Lipinski definition) is 3. The van der Waals surface area contributed by atoms with E-state index < -0.39 is 11.2 Å². The van der Waals surface area contributed by atoms with Crippen LogP contribution in [0.3, 0.4) is 0 Å². The third kappa shape index (κ3) is 2.20. The third-order valence-corrected chi connectivity index (χ3v) is 2.15. The minimum Gasteiger partial charge on any atom is -0.350 e. The Labute approximate surface area is 91.2 Å². The van der Waals surface area contributed by atoms with Crippen molar-refractivity contribution in [1.82, 2.24) is 9.97 Å². The van der Waals surface area contributed by atoms with Gasteiger partial charge in [0.2, 0.25) is 0 Å². The van der Waals surface area contributed by atoms with E-state index in [9.17, 15) is 9.59 Å². The fourth-order valence-electron chi connectivity index (χ4n) is 1.30. The van der Waals surface area contributed by atoms with Gasteiger partial charge >= 0.3 is 5.69 Å². The highest BCUT2D eigenvalue weighted by Crippen LogP contribution is 2.12. The van der Waals surface area contributed by atoms with Crippen molar-refractivity contribution in [1.29, 1.82) is 0 Å². The molecular formula is C11H11N3O2. The van der Waals surface area contributed by atoms with Crippen LogP contribution >= 0.6 is 0 Å². The molecule has 0 spiro atoms. The van der Waals surface area contributed by atoms with Crippen LogP contribution in [-0.2, 0) is 0 Å². The monoisotopic (exact) mass is 217 g/mol. The molecule has 0 unspecified atom stereocenters. The predicted octanol–water partition coefficient (Wildman–Crippen LogP) is 1.12. The number of aromatic nitrogens is 2. The van der Waals surface area contributed by atoms with Crippen molar-refractivity contribution in [3.63, 3.8) is 0 Å². The highest BCUT2D eigenvalue weighted by atomic mass is 16.2. The Morgan fingerprint density at radius 3 is 2.44 bits per heavy atom. The van der Waals surface area contributed by atoms with Crippen LogP contribution < -0.4 is 16.6 Å². The summed E-state index contributed by atoms with van der Waals surface area (Å²) in [6.07, 6.45) is 1.35. The Morgan fingerprint density at radius 1 is 1.12 bits per heavy atom. The van der Waals surface area contributed by atoms with Crippen LogP contribution in [0.15, 0.2) is 40.1 Å². The van der Waals surface area contributed by atoms with Gasteiger partial charge in [0.25, 0.3) is 5.56 Å². The molecule has 5 nitrogen and oxygen atoms in total. The van der Waals surface area contributed by atoms with Crippen molar-refractivity contribution in [2.75, 3.05) is 5.32 Å². The maximum absolute atomic E-state index is 11.4. The number of aryl methyl sites for hydroxylation is 1. The van der Waals surface area contributed by atoms with Crippen molar-refractivity contribution < 1.29 is 0 Å². The first-order valence-corrected chi connectivity index (χ1v) is 4.81. The fourth-order valence-corrected chi connectivity index (χ4v) is 1.30. The van der Waals surface area contributed by atoms with Crippen molar-refractivity contribution in [2.45, 2.75) is 6.92 Å². The summed E-state index contributed by atoms with van der Waals surface area (Å²) in [5.41, 5.74) is 1.29. The highest BCUT2D eigenvalue weighted by molar-refractivity contribution is 5.57. The Kier molecular flexibility index (Phi) is 2.59. The van der Waals surface area contributed by atoms with Gasteiger partial charge in [-0.15, -0.1) is 0 Å². The van der Waals surface area contributed by atoms with E-state index >= 15 is 0 Å². The maximum Gasteiger partial charge on any atom is 0.325 e. The SMILES string of the molecule is Cc1ccc(Nc2c[nH]c(=O)[nH]c2=O)cc1.